The van der Waals surface area contributed by atoms with E-state index < -0.39 is 5.82 Å². The van der Waals surface area contributed by atoms with Crippen molar-refractivity contribution in [3.05, 3.63) is 39.5 Å². The van der Waals surface area contributed by atoms with E-state index in [4.69, 9.17) is 23.8 Å². The number of rotatable bonds is 1. The third-order valence-corrected chi connectivity index (χ3v) is 3.45. The van der Waals surface area contributed by atoms with E-state index >= 15 is 0 Å². The van der Waals surface area contributed by atoms with Crippen LogP contribution in [-0.4, -0.2) is 19.3 Å². The normalized spacial score (nSPS) is 11.4. The predicted octanol–water partition coefficient (Wildman–Crippen LogP) is 3.52. The first-order valence-electron chi connectivity index (χ1n) is 5.58. The smallest absolute Gasteiger partial charge is 0.184 e. The van der Waals surface area contributed by atoms with Crippen molar-refractivity contribution in [2.24, 2.45) is 7.05 Å². The zero-order valence-electron chi connectivity index (χ0n) is 10.2. The summed E-state index contributed by atoms with van der Waals surface area (Å²) in [4.78, 5) is 3.08. The third kappa shape index (κ3) is 1.87. The molecule has 0 saturated carbocycles. The first-order chi connectivity index (χ1) is 8.97. The molecule has 0 amide bonds. The number of aromatic amines is 1. The first-order valence-corrected chi connectivity index (χ1v) is 6.37. The van der Waals surface area contributed by atoms with Gasteiger partial charge in [-0.3, -0.25) is 4.57 Å². The van der Waals surface area contributed by atoms with Crippen LogP contribution in [0, 0.1) is 17.5 Å². The summed E-state index contributed by atoms with van der Waals surface area (Å²) in [5, 5.41) is 4.64. The summed E-state index contributed by atoms with van der Waals surface area (Å²) in [7, 11) is 1.81. The van der Waals surface area contributed by atoms with Crippen LogP contribution in [0.15, 0.2) is 18.2 Å². The number of nitrogens with one attached hydrogen (secondary N) is 1. The van der Waals surface area contributed by atoms with Crippen molar-refractivity contribution in [1.29, 1.82) is 0 Å². The molecule has 0 atom stereocenters. The van der Waals surface area contributed by atoms with E-state index in [0.717, 1.165) is 16.9 Å². The molecule has 0 bridgehead atoms. The van der Waals surface area contributed by atoms with E-state index in [0.29, 0.717) is 15.5 Å². The standard InChI is InChI=1S/C12H10ClFN4S/c1-6-10-11(17(2)16-6)18(12(19)15-10)9-4-7(13)3-8(14)5-9/h3-5H,1-2H3,(H,15,19). The highest BCUT2D eigenvalue weighted by molar-refractivity contribution is 7.71. The van der Waals surface area contributed by atoms with Crippen LogP contribution in [0.3, 0.4) is 0 Å². The second-order valence-electron chi connectivity index (χ2n) is 4.30. The summed E-state index contributed by atoms with van der Waals surface area (Å²) in [6.07, 6.45) is 0. The minimum atomic E-state index is -0.405. The van der Waals surface area contributed by atoms with Crippen molar-refractivity contribution >= 4 is 35.0 Å². The Balaban J connectivity index is 2.42. The third-order valence-electron chi connectivity index (χ3n) is 2.94. The van der Waals surface area contributed by atoms with Crippen molar-refractivity contribution in [3.63, 3.8) is 0 Å². The molecule has 0 aliphatic heterocycles. The molecular formula is C12H10ClFN4S. The fourth-order valence-electron chi connectivity index (χ4n) is 2.22. The average molecular weight is 297 g/mol. The second-order valence-corrected chi connectivity index (χ2v) is 5.12. The lowest BCUT2D eigenvalue weighted by atomic mass is 10.3. The Hall–Kier alpha value is -1.66. The number of halogens is 2. The van der Waals surface area contributed by atoms with E-state index in [2.05, 4.69) is 10.1 Å². The molecule has 0 aliphatic rings. The Morgan fingerprint density at radius 1 is 1.37 bits per heavy atom. The van der Waals surface area contributed by atoms with Crippen molar-refractivity contribution in [2.45, 2.75) is 6.92 Å². The molecule has 0 fully saturated rings. The monoisotopic (exact) mass is 296 g/mol. The number of hydrogen-bond acceptors (Lipinski definition) is 2. The highest BCUT2D eigenvalue weighted by atomic mass is 35.5. The van der Waals surface area contributed by atoms with Crippen LogP contribution in [-0.2, 0) is 7.05 Å². The number of hydrogen-bond donors (Lipinski definition) is 1. The molecule has 0 radical (unpaired) electrons. The van der Waals surface area contributed by atoms with Gasteiger partial charge in [0.2, 0.25) is 0 Å². The molecule has 98 valence electrons. The molecule has 1 aromatic carbocycles. The summed E-state index contributed by atoms with van der Waals surface area (Å²) in [6.45, 7) is 1.89. The molecule has 0 spiro atoms. The van der Waals surface area contributed by atoms with Gasteiger partial charge in [-0.2, -0.15) is 5.10 Å². The fourth-order valence-corrected chi connectivity index (χ4v) is 2.73. The van der Waals surface area contributed by atoms with Gasteiger partial charge in [-0.05, 0) is 37.3 Å². The van der Waals surface area contributed by atoms with Gasteiger partial charge < -0.3 is 4.98 Å². The predicted molar refractivity (Wildman–Crippen MR) is 74.9 cm³/mol. The molecule has 19 heavy (non-hydrogen) atoms. The maximum absolute atomic E-state index is 13.5. The van der Waals surface area contributed by atoms with Crippen molar-refractivity contribution in [3.8, 4) is 5.69 Å². The molecule has 3 rings (SSSR count). The molecule has 7 heteroatoms. The Bertz CT molecular complexity index is 825. The quantitative estimate of drug-likeness (QED) is 0.698. The number of H-pyrrole nitrogens is 1. The largest absolute Gasteiger partial charge is 0.327 e. The van der Waals surface area contributed by atoms with E-state index in [1.165, 1.54) is 12.1 Å². The minimum Gasteiger partial charge on any atom is -0.327 e. The van der Waals surface area contributed by atoms with Crippen molar-refractivity contribution in [1.82, 2.24) is 19.3 Å². The topological polar surface area (TPSA) is 38.5 Å². The lowest BCUT2D eigenvalue weighted by Crippen LogP contribution is -2.01. The van der Waals surface area contributed by atoms with Gasteiger partial charge >= 0.3 is 0 Å². The van der Waals surface area contributed by atoms with Crippen LogP contribution in [0.2, 0.25) is 5.02 Å². The number of benzene rings is 1. The lowest BCUT2D eigenvalue weighted by Gasteiger charge is -2.05. The second kappa shape index (κ2) is 4.18. The van der Waals surface area contributed by atoms with E-state index in [1.807, 2.05) is 14.0 Å². The van der Waals surface area contributed by atoms with Crippen LogP contribution >= 0.6 is 23.8 Å². The fraction of sp³-hybridized carbons (Fsp3) is 0.167. The molecule has 2 aromatic heterocycles. The average Bonchev–Trinajstić information content (AvgIpc) is 2.76. The van der Waals surface area contributed by atoms with Gasteiger partial charge in [0.25, 0.3) is 0 Å². The highest BCUT2D eigenvalue weighted by Gasteiger charge is 2.14. The number of fused-ring (bicyclic) bond motifs is 1. The zero-order chi connectivity index (χ0) is 13.7. The molecule has 1 N–H and O–H groups in total. The Morgan fingerprint density at radius 3 is 2.79 bits per heavy atom. The molecule has 3 aromatic rings. The van der Waals surface area contributed by atoms with E-state index in [1.54, 1.807) is 15.3 Å². The summed E-state index contributed by atoms with van der Waals surface area (Å²) in [5.41, 5.74) is 3.03. The first kappa shape index (κ1) is 12.4. The molecule has 0 aliphatic carbocycles. The Kier molecular flexibility index (Phi) is 2.72. The summed E-state index contributed by atoms with van der Waals surface area (Å²) in [6, 6.07) is 4.31. The maximum atomic E-state index is 13.5. The van der Waals surface area contributed by atoms with Gasteiger partial charge in [-0.1, -0.05) is 11.6 Å². The van der Waals surface area contributed by atoms with Gasteiger partial charge in [-0.15, -0.1) is 0 Å². The molecule has 0 unspecified atom stereocenters. The van der Waals surface area contributed by atoms with Gasteiger partial charge in [0.1, 0.15) is 11.3 Å². The van der Waals surface area contributed by atoms with E-state index in [-0.39, 0.29) is 0 Å². The van der Waals surface area contributed by atoms with Crippen molar-refractivity contribution in [2.75, 3.05) is 0 Å². The number of aryl methyl sites for hydroxylation is 2. The SMILES string of the molecule is Cc1nn(C)c2c1[nH]c(=S)n2-c1cc(F)cc(Cl)c1. The van der Waals surface area contributed by atoms with Crippen LogP contribution in [0.1, 0.15) is 5.69 Å². The Labute approximate surface area is 118 Å². The summed E-state index contributed by atoms with van der Waals surface area (Å²) < 4.78 is 17.4. The lowest BCUT2D eigenvalue weighted by molar-refractivity contribution is 0.626. The number of aromatic nitrogens is 4. The van der Waals surface area contributed by atoms with Crippen LogP contribution in [0.4, 0.5) is 4.39 Å². The van der Waals surface area contributed by atoms with Gasteiger partial charge in [0.15, 0.2) is 10.4 Å². The Morgan fingerprint density at radius 2 is 2.11 bits per heavy atom. The molecule has 4 nitrogen and oxygen atoms in total. The maximum Gasteiger partial charge on any atom is 0.184 e. The number of imidazole rings is 1. The molecular weight excluding hydrogens is 287 g/mol. The van der Waals surface area contributed by atoms with E-state index in [9.17, 15) is 4.39 Å². The molecule has 0 saturated heterocycles. The van der Waals surface area contributed by atoms with Crippen LogP contribution < -0.4 is 0 Å². The highest BCUT2D eigenvalue weighted by Crippen LogP contribution is 2.24. The molecule has 2 heterocycles. The summed E-state index contributed by atoms with van der Waals surface area (Å²) >= 11 is 11.2. The minimum absolute atomic E-state index is 0.324. The zero-order valence-corrected chi connectivity index (χ0v) is 11.8. The van der Waals surface area contributed by atoms with Gasteiger partial charge in [-0.25, -0.2) is 9.07 Å². The van der Waals surface area contributed by atoms with Gasteiger partial charge in [0.05, 0.1) is 11.4 Å². The number of nitrogens with zero attached hydrogens (tertiary/aromatic N) is 3. The van der Waals surface area contributed by atoms with Crippen molar-refractivity contribution < 1.29 is 4.39 Å². The summed E-state index contributed by atoms with van der Waals surface area (Å²) in [5.74, 6) is -0.405. The van der Waals surface area contributed by atoms with Crippen LogP contribution in [0.25, 0.3) is 16.9 Å². The van der Waals surface area contributed by atoms with Gasteiger partial charge in [0, 0.05) is 12.1 Å². The van der Waals surface area contributed by atoms with Crippen LogP contribution in [0.5, 0.6) is 0 Å².